The Kier molecular flexibility index (Phi) is 5.35. The van der Waals surface area contributed by atoms with Gasteiger partial charge in [0.1, 0.15) is 10.7 Å². The molecule has 0 saturated carbocycles. The van der Waals surface area contributed by atoms with Gasteiger partial charge in [0, 0.05) is 18.7 Å². The van der Waals surface area contributed by atoms with Crippen LogP contribution in [0.2, 0.25) is 0 Å². The van der Waals surface area contributed by atoms with Gasteiger partial charge in [-0.3, -0.25) is 0 Å². The lowest BCUT2D eigenvalue weighted by Gasteiger charge is -2.09. The molecule has 0 aliphatic heterocycles. The molecule has 0 saturated heterocycles. The van der Waals surface area contributed by atoms with Crippen molar-refractivity contribution in [3.8, 4) is 0 Å². The van der Waals surface area contributed by atoms with Crippen LogP contribution in [-0.2, 0) is 10.0 Å². The molecule has 1 rings (SSSR count). The molecule has 0 fully saturated rings. The van der Waals surface area contributed by atoms with Gasteiger partial charge in [0.15, 0.2) is 0 Å². The molecule has 0 radical (unpaired) electrons. The van der Waals surface area contributed by atoms with E-state index in [1.54, 1.807) is 0 Å². The van der Waals surface area contributed by atoms with E-state index < -0.39 is 33.3 Å². The van der Waals surface area contributed by atoms with Crippen molar-refractivity contribution >= 4 is 15.7 Å². The van der Waals surface area contributed by atoms with Crippen LogP contribution >= 0.6 is 0 Å². The maximum atomic E-state index is 13.4. The van der Waals surface area contributed by atoms with Crippen LogP contribution in [0, 0.1) is 5.82 Å². The minimum Gasteiger partial charge on any atom is -0.399 e. The van der Waals surface area contributed by atoms with Crippen molar-refractivity contribution in [3.63, 3.8) is 0 Å². The number of hydrogen-bond acceptors (Lipinski definition) is 3. The number of hydrogen-bond donors (Lipinski definition) is 2. The summed E-state index contributed by atoms with van der Waals surface area (Å²) in [6.45, 7) is -0.202. The van der Waals surface area contributed by atoms with Crippen molar-refractivity contribution in [3.05, 3.63) is 24.0 Å². The quantitative estimate of drug-likeness (QED) is 0.481. The molecule has 0 aromatic heterocycles. The molecule has 9 heteroatoms. The van der Waals surface area contributed by atoms with Crippen LogP contribution in [0.25, 0.3) is 0 Å². The number of rotatable bonds is 6. The molecule has 20 heavy (non-hydrogen) atoms. The topological polar surface area (TPSA) is 72.2 Å². The second-order valence-electron chi connectivity index (χ2n) is 4.16. The molecule has 114 valence electrons. The summed E-state index contributed by atoms with van der Waals surface area (Å²) in [6, 6.07) is 3.07. The normalized spacial score (nSPS) is 12.6. The highest BCUT2D eigenvalue weighted by molar-refractivity contribution is 7.89. The van der Waals surface area contributed by atoms with Gasteiger partial charge in [-0.2, -0.15) is 13.2 Å². The highest BCUT2D eigenvalue weighted by Gasteiger charge is 2.26. The molecule has 0 atom stereocenters. The molecule has 0 aliphatic rings. The molecule has 0 unspecified atom stereocenters. The fourth-order valence-electron chi connectivity index (χ4n) is 1.46. The number of nitrogens with one attached hydrogen (secondary N) is 1. The van der Waals surface area contributed by atoms with Crippen LogP contribution in [-0.4, -0.2) is 21.1 Å². The van der Waals surface area contributed by atoms with Crippen molar-refractivity contribution in [1.82, 2.24) is 4.72 Å². The van der Waals surface area contributed by atoms with Gasteiger partial charge in [-0.05, 0) is 31.0 Å². The Morgan fingerprint density at radius 2 is 1.85 bits per heavy atom. The predicted octanol–water partition coefficient (Wildman–Crippen LogP) is 2.42. The Morgan fingerprint density at radius 3 is 2.45 bits per heavy atom. The third-order valence-electron chi connectivity index (χ3n) is 2.42. The maximum Gasteiger partial charge on any atom is 0.389 e. The average Bonchev–Trinajstić information content (AvgIpc) is 2.30. The predicted molar refractivity (Wildman–Crippen MR) is 65.9 cm³/mol. The average molecular weight is 314 g/mol. The molecule has 1 aromatic rings. The summed E-state index contributed by atoms with van der Waals surface area (Å²) in [5.74, 6) is -0.970. The first-order valence-corrected chi connectivity index (χ1v) is 7.21. The van der Waals surface area contributed by atoms with E-state index in [0.29, 0.717) is 0 Å². The summed E-state index contributed by atoms with van der Waals surface area (Å²) in [4.78, 5) is -0.617. The molecule has 0 bridgehead atoms. The molecule has 4 nitrogen and oxygen atoms in total. The molecule has 1 aromatic carbocycles. The fraction of sp³-hybridized carbons (Fsp3) is 0.455. The zero-order valence-corrected chi connectivity index (χ0v) is 11.2. The number of benzene rings is 1. The zero-order valence-electron chi connectivity index (χ0n) is 10.4. The third-order valence-corrected chi connectivity index (χ3v) is 3.90. The number of unbranched alkanes of at least 4 members (excludes halogenated alkanes) is 1. The lowest BCUT2D eigenvalue weighted by molar-refractivity contribution is -0.135. The third kappa shape index (κ3) is 5.33. The van der Waals surface area contributed by atoms with Gasteiger partial charge in [-0.15, -0.1) is 0 Å². The van der Waals surface area contributed by atoms with E-state index in [9.17, 15) is 26.0 Å². The number of anilines is 1. The minimum absolute atomic E-state index is 0.00265. The van der Waals surface area contributed by atoms with Crippen LogP contribution in [0.5, 0.6) is 0 Å². The number of sulfonamides is 1. The smallest absolute Gasteiger partial charge is 0.389 e. The minimum atomic E-state index is -4.27. The fourth-order valence-corrected chi connectivity index (χ4v) is 2.65. The summed E-state index contributed by atoms with van der Waals surface area (Å²) in [7, 11) is -4.12. The standard InChI is InChI=1S/C11H14F4N2O2S/c12-9-4-3-8(16)7-10(9)20(18,19)17-6-2-1-5-11(13,14)15/h3-4,7,17H,1-2,5-6,16H2. The highest BCUT2D eigenvalue weighted by Crippen LogP contribution is 2.22. The summed E-state index contributed by atoms with van der Waals surface area (Å²) < 4.78 is 74.5. The first kappa shape index (κ1) is 16.7. The molecule has 0 spiro atoms. The first-order valence-electron chi connectivity index (χ1n) is 5.73. The van der Waals surface area contributed by atoms with Gasteiger partial charge >= 0.3 is 6.18 Å². The zero-order chi connectivity index (χ0) is 15.4. The maximum absolute atomic E-state index is 13.4. The lowest BCUT2D eigenvalue weighted by Crippen LogP contribution is -2.26. The lowest BCUT2D eigenvalue weighted by atomic mass is 10.2. The molecular formula is C11H14F4N2O2S. The van der Waals surface area contributed by atoms with Crippen LogP contribution in [0.4, 0.5) is 23.2 Å². The number of alkyl halides is 3. The number of nitrogen functional groups attached to an aromatic ring is 1. The van der Waals surface area contributed by atoms with Crippen molar-refractivity contribution in [2.45, 2.75) is 30.3 Å². The summed E-state index contributed by atoms with van der Waals surface area (Å²) >= 11 is 0. The number of halogens is 4. The van der Waals surface area contributed by atoms with Gasteiger partial charge in [-0.25, -0.2) is 17.5 Å². The highest BCUT2D eigenvalue weighted by atomic mass is 32.2. The van der Waals surface area contributed by atoms with E-state index >= 15 is 0 Å². The number of nitrogens with two attached hydrogens (primary N) is 1. The van der Waals surface area contributed by atoms with Crippen LogP contribution in [0.3, 0.4) is 0 Å². The molecule has 0 amide bonds. The van der Waals surface area contributed by atoms with Crippen LogP contribution < -0.4 is 10.5 Å². The Morgan fingerprint density at radius 1 is 1.20 bits per heavy atom. The Hall–Kier alpha value is -1.35. The summed E-state index contributed by atoms with van der Waals surface area (Å²) in [5, 5.41) is 0. The van der Waals surface area contributed by atoms with E-state index in [-0.39, 0.29) is 25.1 Å². The van der Waals surface area contributed by atoms with Gasteiger partial charge in [0.2, 0.25) is 10.0 Å². The van der Waals surface area contributed by atoms with E-state index in [1.807, 2.05) is 4.72 Å². The second kappa shape index (κ2) is 6.40. The summed E-state index contributed by atoms with van der Waals surface area (Å²) in [6.07, 6.45) is -5.45. The molecule has 0 aliphatic carbocycles. The molecule has 3 N–H and O–H groups in total. The van der Waals surface area contributed by atoms with Crippen molar-refractivity contribution < 1.29 is 26.0 Å². The van der Waals surface area contributed by atoms with Gasteiger partial charge < -0.3 is 5.73 Å². The van der Waals surface area contributed by atoms with Crippen molar-refractivity contribution in [2.24, 2.45) is 0 Å². The second-order valence-corrected chi connectivity index (χ2v) is 5.90. The molecular weight excluding hydrogens is 300 g/mol. The molecule has 0 heterocycles. The monoisotopic (exact) mass is 314 g/mol. The Bertz CT molecular complexity index is 558. The Balaban J connectivity index is 2.56. The van der Waals surface area contributed by atoms with Gasteiger partial charge in [0.25, 0.3) is 0 Å². The van der Waals surface area contributed by atoms with E-state index in [4.69, 9.17) is 5.73 Å². The van der Waals surface area contributed by atoms with Gasteiger partial charge in [0.05, 0.1) is 0 Å². The van der Waals surface area contributed by atoms with E-state index in [0.717, 1.165) is 12.1 Å². The first-order chi connectivity index (χ1) is 9.12. The Labute approximate surface area is 114 Å². The largest absolute Gasteiger partial charge is 0.399 e. The van der Waals surface area contributed by atoms with Gasteiger partial charge in [-0.1, -0.05) is 0 Å². The SMILES string of the molecule is Nc1ccc(F)c(S(=O)(=O)NCCCCC(F)(F)F)c1. The van der Waals surface area contributed by atoms with Crippen LogP contribution in [0.1, 0.15) is 19.3 Å². The van der Waals surface area contributed by atoms with Crippen LogP contribution in [0.15, 0.2) is 23.1 Å². The summed E-state index contributed by atoms with van der Waals surface area (Å²) in [5.41, 5.74) is 5.44. The van der Waals surface area contributed by atoms with Crippen molar-refractivity contribution in [1.29, 1.82) is 0 Å². The van der Waals surface area contributed by atoms with Crippen molar-refractivity contribution in [2.75, 3.05) is 12.3 Å². The van der Waals surface area contributed by atoms with E-state index in [1.165, 1.54) is 6.07 Å². The van der Waals surface area contributed by atoms with E-state index in [2.05, 4.69) is 0 Å².